The molecule has 0 aromatic rings. The monoisotopic (exact) mass is 923 g/mol. The van der Waals surface area contributed by atoms with E-state index in [4.69, 9.17) is 14.2 Å². The van der Waals surface area contributed by atoms with Gasteiger partial charge in [-0.25, -0.2) is 0 Å². The van der Waals surface area contributed by atoms with Gasteiger partial charge in [0.15, 0.2) is 6.10 Å². The van der Waals surface area contributed by atoms with Gasteiger partial charge in [0.1, 0.15) is 13.2 Å². The zero-order chi connectivity index (χ0) is 47.9. The van der Waals surface area contributed by atoms with Crippen molar-refractivity contribution in [2.75, 3.05) is 13.2 Å². The van der Waals surface area contributed by atoms with Crippen LogP contribution in [0.15, 0.2) is 60.8 Å². The summed E-state index contributed by atoms with van der Waals surface area (Å²) in [6.45, 7) is 6.52. The number of hydrogen-bond donors (Lipinski definition) is 0. The molecule has 0 saturated carbocycles. The Kier molecular flexibility index (Phi) is 52.3. The summed E-state index contributed by atoms with van der Waals surface area (Å²) in [7, 11) is 0. The van der Waals surface area contributed by atoms with E-state index < -0.39 is 6.10 Å². The standard InChI is InChI=1S/C60H106O6/c1-4-7-10-13-16-19-22-24-26-28-30-32-34-36-38-41-44-47-50-53-59(62)65-56-57(55-64-58(61)52-49-46-43-40-21-18-15-12-9-6-3)66-60(63)54-51-48-45-42-39-37-35-33-31-29-27-25-23-20-17-14-11-8-5-2/h7,10,16,19,24,26,29-32,57H,4-6,8-9,11-15,17-18,20-23,25,27-28,33-56H2,1-3H3/b10-7-,19-16-,26-24-,31-29-,32-30-. The molecule has 0 fully saturated rings. The van der Waals surface area contributed by atoms with E-state index in [9.17, 15) is 14.4 Å². The molecule has 0 heterocycles. The van der Waals surface area contributed by atoms with Crippen molar-refractivity contribution >= 4 is 17.9 Å². The Bertz CT molecular complexity index is 1200. The highest BCUT2D eigenvalue weighted by molar-refractivity contribution is 5.71. The Morgan fingerprint density at radius 1 is 0.318 bits per heavy atom. The highest BCUT2D eigenvalue weighted by Gasteiger charge is 2.19. The number of hydrogen-bond acceptors (Lipinski definition) is 6. The molecule has 0 aliphatic heterocycles. The maximum atomic E-state index is 12.8. The minimum atomic E-state index is -0.780. The third-order valence-electron chi connectivity index (χ3n) is 12.3. The zero-order valence-corrected chi connectivity index (χ0v) is 43.7. The molecule has 0 bridgehead atoms. The molecule has 0 aromatic carbocycles. The van der Waals surface area contributed by atoms with Crippen LogP contribution in [0.2, 0.25) is 0 Å². The molecule has 1 unspecified atom stereocenters. The van der Waals surface area contributed by atoms with E-state index in [1.807, 2.05) is 0 Å². The lowest BCUT2D eigenvalue weighted by atomic mass is 10.1. The summed E-state index contributed by atoms with van der Waals surface area (Å²) in [5, 5.41) is 0. The largest absolute Gasteiger partial charge is 0.462 e. The van der Waals surface area contributed by atoms with Crippen molar-refractivity contribution in [1.82, 2.24) is 0 Å². The Morgan fingerprint density at radius 2 is 0.591 bits per heavy atom. The molecular formula is C60H106O6. The maximum absolute atomic E-state index is 12.8. The lowest BCUT2D eigenvalue weighted by Gasteiger charge is -2.18. The van der Waals surface area contributed by atoms with E-state index in [2.05, 4.69) is 81.5 Å². The second-order valence-corrected chi connectivity index (χ2v) is 18.8. The van der Waals surface area contributed by atoms with Gasteiger partial charge in [0, 0.05) is 19.3 Å². The van der Waals surface area contributed by atoms with E-state index >= 15 is 0 Å². The van der Waals surface area contributed by atoms with Crippen LogP contribution in [0.3, 0.4) is 0 Å². The quantitative estimate of drug-likeness (QED) is 0.0262. The number of esters is 3. The van der Waals surface area contributed by atoms with Crippen LogP contribution in [-0.2, 0) is 28.6 Å². The molecule has 0 aliphatic rings. The van der Waals surface area contributed by atoms with Crippen LogP contribution >= 0.6 is 0 Å². The highest BCUT2D eigenvalue weighted by Crippen LogP contribution is 2.15. The molecule has 1 atom stereocenters. The summed E-state index contributed by atoms with van der Waals surface area (Å²) in [4.78, 5) is 38.1. The Balaban J connectivity index is 4.33. The first kappa shape index (κ1) is 63.1. The number of carbonyl (C=O) groups is 3. The summed E-state index contributed by atoms with van der Waals surface area (Å²) >= 11 is 0. The molecule has 0 N–H and O–H groups in total. The van der Waals surface area contributed by atoms with Crippen LogP contribution in [0.5, 0.6) is 0 Å². The van der Waals surface area contributed by atoms with Gasteiger partial charge in [-0.2, -0.15) is 0 Å². The average molecular weight is 924 g/mol. The van der Waals surface area contributed by atoms with Gasteiger partial charge < -0.3 is 14.2 Å². The van der Waals surface area contributed by atoms with Crippen molar-refractivity contribution < 1.29 is 28.6 Å². The first-order valence-electron chi connectivity index (χ1n) is 28.3. The topological polar surface area (TPSA) is 78.9 Å². The van der Waals surface area contributed by atoms with Crippen LogP contribution < -0.4 is 0 Å². The fourth-order valence-corrected chi connectivity index (χ4v) is 8.02. The fraction of sp³-hybridized carbons (Fsp3) is 0.783. The molecule has 0 spiro atoms. The van der Waals surface area contributed by atoms with Crippen molar-refractivity contribution in [3.8, 4) is 0 Å². The minimum absolute atomic E-state index is 0.0785. The summed E-state index contributed by atoms with van der Waals surface area (Å²) in [6, 6.07) is 0. The average Bonchev–Trinajstić information content (AvgIpc) is 3.31. The highest BCUT2D eigenvalue weighted by atomic mass is 16.6. The maximum Gasteiger partial charge on any atom is 0.306 e. The SMILES string of the molecule is CC/C=C\C/C=C\C/C=C\C/C=C\CCCCCCCCC(=O)OCC(COC(=O)CCCCCCCCCCCC)OC(=O)CCCCCCCCC/C=C\CCCCCCCCCC. The lowest BCUT2D eigenvalue weighted by Crippen LogP contribution is -2.30. The third-order valence-corrected chi connectivity index (χ3v) is 12.3. The number of unbranched alkanes of at least 4 members (excludes halogenated alkanes) is 30. The van der Waals surface area contributed by atoms with Gasteiger partial charge in [0.05, 0.1) is 0 Å². The smallest absolute Gasteiger partial charge is 0.306 e. The summed E-state index contributed by atoms with van der Waals surface area (Å²) < 4.78 is 16.8. The van der Waals surface area contributed by atoms with Crippen LogP contribution in [0.1, 0.15) is 284 Å². The molecule has 0 radical (unpaired) electrons. The van der Waals surface area contributed by atoms with E-state index in [0.29, 0.717) is 19.3 Å². The number of carbonyl (C=O) groups excluding carboxylic acids is 3. The second kappa shape index (κ2) is 54.7. The molecule has 6 nitrogen and oxygen atoms in total. The van der Waals surface area contributed by atoms with E-state index in [1.165, 1.54) is 154 Å². The van der Waals surface area contributed by atoms with Crippen LogP contribution in [0.25, 0.3) is 0 Å². The molecule has 382 valence electrons. The third kappa shape index (κ3) is 52.1. The predicted molar refractivity (Wildman–Crippen MR) is 284 cm³/mol. The van der Waals surface area contributed by atoms with Gasteiger partial charge >= 0.3 is 17.9 Å². The van der Waals surface area contributed by atoms with Crippen molar-refractivity contribution in [1.29, 1.82) is 0 Å². The van der Waals surface area contributed by atoms with E-state index in [1.54, 1.807) is 0 Å². The number of allylic oxidation sites excluding steroid dienone is 10. The molecular weight excluding hydrogens is 817 g/mol. The van der Waals surface area contributed by atoms with Crippen molar-refractivity contribution in [2.24, 2.45) is 0 Å². The Morgan fingerprint density at radius 3 is 0.939 bits per heavy atom. The van der Waals surface area contributed by atoms with E-state index in [-0.39, 0.29) is 31.1 Å². The van der Waals surface area contributed by atoms with E-state index in [0.717, 1.165) is 89.9 Å². The minimum Gasteiger partial charge on any atom is -0.462 e. The molecule has 0 saturated heterocycles. The van der Waals surface area contributed by atoms with Crippen molar-refractivity contribution in [3.05, 3.63) is 60.8 Å². The predicted octanol–water partition coefficient (Wildman–Crippen LogP) is 18.8. The van der Waals surface area contributed by atoms with Gasteiger partial charge in [-0.3, -0.25) is 14.4 Å². The number of rotatable bonds is 51. The number of ether oxygens (including phenoxy) is 3. The molecule has 66 heavy (non-hydrogen) atoms. The van der Waals surface area contributed by atoms with Crippen LogP contribution in [-0.4, -0.2) is 37.2 Å². The van der Waals surface area contributed by atoms with Gasteiger partial charge in [0.25, 0.3) is 0 Å². The van der Waals surface area contributed by atoms with Crippen LogP contribution in [0, 0.1) is 0 Å². The van der Waals surface area contributed by atoms with Crippen molar-refractivity contribution in [3.63, 3.8) is 0 Å². The lowest BCUT2D eigenvalue weighted by molar-refractivity contribution is -0.167. The molecule has 0 amide bonds. The van der Waals surface area contributed by atoms with Gasteiger partial charge in [0.2, 0.25) is 0 Å². The van der Waals surface area contributed by atoms with Crippen LogP contribution in [0.4, 0.5) is 0 Å². The first-order valence-corrected chi connectivity index (χ1v) is 28.3. The zero-order valence-electron chi connectivity index (χ0n) is 43.7. The molecule has 0 aromatic heterocycles. The van der Waals surface area contributed by atoms with Gasteiger partial charge in [-0.1, -0.05) is 242 Å². The normalized spacial score (nSPS) is 12.5. The van der Waals surface area contributed by atoms with Crippen molar-refractivity contribution in [2.45, 2.75) is 290 Å². The Hall–Kier alpha value is -2.89. The van der Waals surface area contributed by atoms with Gasteiger partial charge in [-0.05, 0) is 83.5 Å². The fourth-order valence-electron chi connectivity index (χ4n) is 8.02. The summed E-state index contributed by atoms with van der Waals surface area (Å²) in [5.74, 6) is -0.889. The molecule has 0 aliphatic carbocycles. The van der Waals surface area contributed by atoms with Gasteiger partial charge in [-0.15, -0.1) is 0 Å². The molecule has 6 heteroatoms. The molecule has 0 rings (SSSR count). The second-order valence-electron chi connectivity index (χ2n) is 18.8. The first-order chi connectivity index (χ1) is 32.5. The summed E-state index contributed by atoms with van der Waals surface area (Å²) in [5.41, 5.74) is 0. The summed E-state index contributed by atoms with van der Waals surface area (Å²) in [6.07, 6.45) is 67.8. The Labute approximate surface area is 409 Å².